The molecule has 3 aromatic rings. The molecule has 0 aliphatic rings. The van der Waals surface area contributed by atoms with Crippen molar-refractivity contribution in [2.45, 2.75) is 6.92 Å². The zero-order chi connectivity index (χ0) is 18.0. The maximum Gasteiger partial charge on any atom is 0.411 e. The molecule has 0 saturated carbocycles. The van der Waals surface area contributed by atoms with Crippen LogP contribution in [0.1, 0.15) is 6.92 Å². The summed E-state index contributed by atoms with van der Waals surface area (Å²) in [5.74, 6) is -1.55. The fourth-order valence-corrected chi connectivity index (χ4v) is 2.54. The SMILES string of the molecule is CCOC(=O)Nc1ccccc1-c1cc(=O)c2c(F)ccc(F)c2[nH]1. The van der Waals surface area contributed by atoms with Crippen molar-refractivity contribution >= 4 is 22.7 Å². The molecule has 0 saturated heterocycles. The Balaban J connectivity index is 2.16. The largest absolute Gasteiger partial charge is 0.450 e. The van der Waals surface area contributed by atoms with Crippen molar-refractivity contribution in [2.75, 3.05) is 11.9 Å². The lowest BCUT2D eigenvalue weighted by Gasteiger charge is -2.12. The van der Waals surface area contributed by atoms with Crippen molar-refractivity contribution in [1.82, 2.24) is 4.98 Å². The van der Waals surface area contributed by atoms with Crippen molar-refractivity contribution in [1.29, 1.82) is 0 Å². The molecule has 1 aromatic heterocycles. The summed E-state index contributed by atoms with van der Waals surface area (Å²) < 4.78 is 32.7. The zero-order valence-electron chi connectivity index (χ0n) is 13.2. The molecule has 7 heteroatoms. The smallest absolute Gasteiger partial charge is 0.411 e. The molecule has 0 radical (unpaired) electrons. The number of carbonyl (C=O) groups is 1. The molecule has 0 atom stereocenters. The first-order valence-corrected chi connectivity index (χ1v) is 7.55. The number of hydrogen-bond acceptors (Lipinski definition) is 3. The van der Waals surface area contributed by atoms with Gasteiger partial charge in [-0.25, -0.2) is 13.6 Å². The third-order valence-corrected chi connectivity index (χ3v) is 3.61. The van der Waals surface area contributed by atoms with E-state index in [9.17, 15) is 18.4 Å². The minimum atomic E-state index is -0.804. The molecule has 0 spiro atoms. The molecular formula is C18H14F2N2O3. The van der Waals surface area contributed by atoms with Crippen LogP contribution < -0.4 is 10.7 Å². The fraction of sp³-hybridized carbons (Fsp3) is 0.111. The van der Waals surface area contributed by atoms with E-state index < -0.39 is 23.2 Å². The van der Waals surface area contributed by atoms with Gasteiger partial charge in [-0.1, -0.05) is 18.2 Å². The first kappa shape index (κ1) is 16.6. The number of anilines is 1. The van der Waals surface area contributed by atoms with Gasteiger partial charge < -0.3 is 9.72 Å². The zero-order valence-corrected chi connectivity index (χ0v) is 13.2. The van der Waals surface area contributed by atoms with E-state index in [-0.39, 0.29) is 23.2 Å². The van der Waals surface area contributed by atoms with Gasteiger partial charge in [-0.2, -0.15) is 0 Å². The Morgan fingerprint density at radius 1 is 1.16 bits per heavy atom. The maximum atomic E-state index is 14.0. The molecule has 1 amide bonds. The van der Waals surface area contributed by atoms with E-state index in [1.165, 1.54) is 0 Å². The van der Waals surface area contributed by atoms with Gasteiger partial charge in [-0.05, 0) is 25.1 Å². The molecule has 0 fully saturated rings. The first-order chi connectivity index (χ1) is 12.0. The van der Waals surface area contributed by atoms with Gasteiger partial charge in [-0.3, -0.25) is 10.1 Å². The van der Waals surface area contributed by atoms with Gasteiger partial charge in [0.15, 0.2) is 5.43 Å². The number of amides is 1. The second-order valence-corrected chi connectivity index (χ2v) is 5.22. The number of halogens is 2. The summed E-state index contributed by atoms with van der Waals surface area (Å²) >= 11 is 0. The van der Waals surface area contributed by atoms with Gasteiger partial charge in [0, 0.05) is 11.6 Å². The van der Waals surface area contributed by atoms with Crippen molar-refractivity contribution in [3.63, 3.8) is 0 Å². The van der Waals surface area contributed by atoms with Crippen LogP contribution in [-0.4, -0.2) is 17.7 Å². The lowest BCUT2D eigenvalue weighted by Crippen LogP contribution is -2.14. The number of aromatic amines is 1. The van der Waals surface area contributed by atoms with Crippen LogP contribution in [0.25, 0.3) is 22.2 Å². The van der Waals surface area contributed by atoms with Crippen LogP contribution >= 0.6 is 0 Å². The molecule has 1 heterocycles. The summed E-state index contributed by atoms with van der Waals surface area (Å²) in [6.45, 7) is 1.87. The van der Waals surface area contributed by atoms with E-state index in [2.05, 4.69) is 10.3 Å². The maximum absolute atomic E-state index is 14.0. The molecule has 128 valence electrons. The number of carbonyl (C=O) groups excluding carboxylic acids is 1. The number of pyridine rings is 1. The normalized spacial score (nSPS) is 10.7. The monoisotopic (exact) mass is 344 g/mol. The van der Waals surface area contributed by atoms with Gasteiger partial charge in [0.2, 0.25) is 0 Å². The lowest BCUT2D eigenvalue weighted by molar-refractivity contribution is 0.168. The standard InChI is InChI=1S/C18H14F2N2O3/c1-2-25-18(24)22-13-6-4-3-5-10(13)14-9-15(23)16-11(19)7-8-12(20)17(16)21-14/h3-9H,2H2,1H3,(H,21,23)(H,22,24). The molecule has 0 aliphatic heterocycles. The van der Waals surface area contributed by atoms with Crippen LogP contribution in [0.5, 0.6) is 0 Å². The number of benzene rings is 2. The lowest BCUT2D eigenvalue weighted by atomic mass is 10.1. The summed E-state index contributed by atoms with van der Waals surface area (Å²) in [5, 5.41) is 2.20. The summed E-state index contributed by atoms with van der Waals surface area (Å²) in [6.07, 6.45) is -0.657. The second-order valence-electron chi connectivity index (χ2n) is 5.22. The number of H-pyrrole nitrogens is 1. The number of nitrogens with one attached hydrogen (secondary N) is 2. The Morgan fingerprint density at radius 3 is 2.64 bits per heavy atom. The summed E-state index contributed by atoms with van der Waals surface area (Å²) in [6, 6.07) is 9.63. The Labute approximate surface area is 141 Å². The summed E-state index contributed by atoms with van der Waals surface area (Å²) in [4.78, 5) is 26.6. The molecule has 2 aromatic carbocycles. The third-order valence-electron chi connectivity index (χ3n) is 3.61. The molecule has 2 N–H and O–H groups in total. The number of hydrogen-bond donors (Lipinski definition) is 2. The van der Waals surface area contributed by atoms with Crippen LogP contribution in [0.15, 0.2) is 47.3 Å². The highest BCUT2D eigenvalue weighted by molar-refractivity contribution is 5.92. The molecule has 0 aliphatic carbocycles. The Hall–Kier alpha value is -3.22. The topological polar surface area (TPSA) is 71.2 Å². The molecule has 3 rings (SSSR count). The van der Waals surface area contributed by atoms with Gasteiger partial charge in [-0.15, -0.1) is 0 Å². The van der Waals surface area contributed by atoms with E-state index >= 15 is 0 Å². The van der Waals surface area contributed by atoms with E-state index in [0.29, 0.717) is 11.3 Å². The minimum Gasteiger partial charge on any atom is -0.450 e. The van der Waals surface area contributed by atoms with E-state index in [1.807, 2.05) is 0 Å². The van der Waals surface area contributed by atoms with Crippen LogP contribution in [0.2, 0.25) is 0 Å². The molecule has 5 nitrogen and oxygen atoms in total. The predicted molar refractivity (Wildman–Crippen MR) is 90.6 cm³/mol. The second kappa shape index (κ2) is 6.72. The summed E-state index contributed by atoms with van der Waals surface area (Å²) in [7, 11) is 0. The minimum absolute atomic E-state index is 0.200. The van der Waals surface area contributed by atoms with Crippen molar-refractivity contribution in [3.05, 3.63) is 64.3 Å². The molecule has 0 unspecified atom stereocenters. The Morgan fingerprint density at radius 2 is 1.88 bits per heavy atom. The molecule has 25 heavy (non-hydrogen) atoms. The Kier molecular flexibility index (Phi) is 4.47. The van der Waals surface area contributed by atoms with Crippen LogP contribution in [0, 0.1) is 11.6 Å². The average molecular weight is 344 g/mol. The number of aromatic nitrogens is 1. The summed E-state index contributed by atoms with van der Waals surface area (Å²) in [5.41, 5.74) is 0.167. The quantitative estimate of drug-likeness (QED) is 0.753. The highest BCUT2D eigenvalue weighted by Gasteiger charge is 2.15. The fourth-order valence-electron chi connectivity index (χ4n) is 2.54. The third kappa shape index (κ3) is 3.21. The Bertz CT molecular complexity index is 1010. The number of para-hydroxylation sites is 1. The van der Waals surface area contributed by atoms with E-state index in [0.717, 1.165) is 18.2 Å². The van der Waals surface area contributed by atoms with Crippen LogP contribution in [0.3, 0.4) is 0 Å². The molecular weight excluding hydrogens is 330 g/mol. The predicted octanol–water partition coefficient (Wildman–Crippen LogP) is 4.04. The van der Waals surface area contributed by atoms with Crippen molar-refractivity contribution < 1.29 is 18.3 Å². The first-order valence-electron chi connectivity index (χ1n) is 7.55. The van der Waals surface area contributed by atoms with E-state index in [4.69, 9.17) is 4.74 Å². The van der Waals surface area contributed by atoms with Gasteiger partial charge in [0.1, 0.15) is 11.6 Å². The average Bonchev–Trinajstić information content (AvgIpc) is 2.58. The number of ether oxygens (including phenoxy) is 1. The van der Waals surface area contributed by atoms with Crippen molar-refractivity contribution in [2.24, 2.45) is 0 Å². The van der Waals surface area contributed by atoms with Gasteiger partial charge in [0.25, 0.3) is 0 Å². The van der Waals surface area contributed by atoms with Gasteiger partial charge >= 0.3 is 6.09 Å². The highest BCUT2D eigenvalue weighted by atomic mass is 19.1. The van der Waals surface area contributed by atoms with Crippen LogP contribution in [-0.2, 0) is 4.74 Å². The van der Waals surface area contributed by atoms with E-state index in [1.54, 1.807) is 31.2 Å². The highest BCUT2D eigenvalue weighted by Crippen LogP contribution is 2.28. The number of fused-ring (bicyclic) bond motifs is 1. The number of rotatable bonds is 3. The van der Waals surface area contributed by atoms with Crippen LogP contribution in [0.4, 0.5) is 19.3 Å². The molecule has 0 bridgehead atoms. The van der Waals surface area contributed by atoms with Crippen molar-refractivity contribution in [3.8, 4) is 11.3 Å². The van der Waals surface area contributed by atoms with Gasteiger partial charge in [0.05, 0.1) is 28.9 Å².